The lowest BCUT2D eigenvalue weighted by molar-refractivity contribution is 0.0783. The van der Waals surface area contributed by atoms with E-state index in [1.807, 2.05) is 0 Å². The molecule has 5 nitrogen and oxygen atoms in total. The fourth-order valence-corrected chi connectivity index (χ4v) is 4.97. The van der Waals surface area contributed by atoms with Crippen LogP contribution in [0.15, 0.2) is 41.3 Å². The molecule has 29 heavy (non-hydrogen) atoms. The van der Waals surface area contributed by atoms with E-state index in [1.165, 1.54) is 34.5 Å². The van der Waals surface area contributed by atoms with Crippen LogP contribution < -0.4 is 0 Å². The van der Waals surface area contributed by atoms with Gasteiger partial charge in [0.1, 0.15) is 11.6 Å². The lowest BCUT2D eigenvalue weighted by Crippen LogP contribution is -2.35. The van der Waals surface area contributed by atoms with E-state index in [-0.39, 0.29) is 22.6 Å². The third kappa shape index (κ3) is 4.64. The van der Waals surface area contributed by atoms with E-state index in [1.54, 1.807) is 13.0 Å². The second kappa shape index (κ2) is 8.59. The average Bonchev–Trinajstić information content (AvgIpc) is 2.70. The van der Waals surface area contributed by atoms with Crippen molar-refractivity contribution in [1.29, 1.82) is 0 Å². The number of benzene rings is 2. The van der Waals surface area contributed by atoms with Gasteiger partial charge < -0.3 is 4.90 Å². The fraction of sp³-hybridized carbons (Fsp3) is 0.381. The molecule has 0 bridgehead atoms. The molecule has 1 heterocycles. The summed E-state index contributed by atoms with van der Waals surface area (Å²) >= 11 is 0. The Labute approximate surface area is 170 Å². The highest BCUT2D eigenvalue weighted by Gasteiger charge is 2.27. The van der Waals surface area contributed by atoms with E-state index in [2.05, 4.69) is 0 Å². The van der Waals surface area contributed by atoms with E-state index >= 15 is 0 Å². The van der Waals surface area contributed by atoms with E-state index in [4.69, 9.17) is 0 Å². The minimum atomic E-state index is -3.67. The second-order valence-corrected chi connectivity index (χ2v) is 9.28. The minimum Gasteiger partial charge on any atom is -0.337 e. The van der Waals surface area contributed by atoms with Crippen LogP contribution >= 0.6 is 0 Å². The highest BCUT2D eigenvalue weighted by molar-refractivity contribution is 7.89. The van der Waals surface area contributed by atoms with Crippen molar-refractivity contribution in [2.24, 2.45) is 0 Å². The Kier molecular flexibility index (Phi) is 6.33. The van der Waals surface area contributed by atoms with Crippen LogP contribution in [0.5, 0.6) is 0 Å². The molecule has 156 valence electrons. The highest BCUT2D eigenvalue weighted by atomic mass is 32.2. The molecule has 3 rings (SSSR count). The number of hydrogen-bond donors (Lipinski definition) is 0. The van der Waals surface area contributed by atoms with Gasteiger partial charge in [0.05, 0.1) is 4.90 Å². The maximum Gasteiger partial charge on any atom is 0.254 e. The molecule has 0 aromatic heterocycles. The van der Waals surface area contributed by atoms with Gasteiger partial charge in [0.2, 0.25) is 10.0 Å². The minimum absolute atomic E-state index is 0.0620. The van der Waals surface area contributed by atoms with Crippen molar-refractivity contribution < 1.29 is 22.0 Å². The maximum absolute atomic E-state index is 13.9. The van der Waals surface area contributed by atoms with E-state index in [0.717, 1.165) is 31.4 Å². The van der Waals surface area contributed by atoms with Crippen molar-refractivity contribution in [3.05, 3.63) is 64.7 Å². The summed E-state index contributed by atoms with van der Waals surface area (Å²) < 4.78 is 54.3. The third-order valence-electron chi connectivity index (χ3n) is 5.16. The monoisotopic (exact) mass is 422 g/mol. The summed E-state index contributed by atoms with van der Waals surface area (Å²) in [5.41, 5.74) is 1.05. The molecule has 0 spiro atoms. The third-order valence-corrected chi connectivity index (χ3v) is 7.06. The number of hydrogen-bond acceptors (Lipinski definition) is 3. The van der Waals surface area contributed by atoms with Gasteiger partial charge in [-0.05, 0) is 43.5 Å². The van der Waals surface area contributed by atoms with Crippen molar-refractivity contribution in [2.45, 2.75) is 37.6 Å². The quantitative estimate of drug-likeness (QED) is 0.738. The Morgan fingerprint density at radius 2 is 1.76 bits per heavy atom. The van der Waals surface area contributed by atoms with Crippen LogP contribution in [-0.4, -0.2) is 43.7 Å². The van der Waals surface area contributed by atoms with Crippen LogP contribution in [0.2, 0.25) is 0 Å². The summed E-state index contributed by atoms with van der Waals surface area (Å²) in [6.45, 7) is 2.61. The number of halogens is 2. The topological polar surface area (TPSA) is 57.7 Å². The van der Waals surface area contributed by atoms with Gasteiger partial charge in [-0.3, -0.25) is 4.79 Å². The number of carbonyl (C=O) groups is 1. The van der Waals surface area contributed by atoms with Gasteiger partial charge in [-0.2, -0.15) is 4.31 Å². The molecule has 0 N–H and O–H groups in total. The molecule has 0 atom stereocenters. The molecule has 1 aliphatic heterocycles. The Morgan fingerprint density at radius 1 is 1.07 bits per heavy atom. The van der Waals surface area contributed by atoms with Crippen LogP contribution in [0.4, 0.5) is 8.78 Å². The van der Waals surface area contributed by atoms with Crippen LogP contribution in [0.3, 0.4) is 0 Å². The van der Waals surface area contributed by atoms with Gasteiger partial charge in [-0.15, -0.1) is 0 Å². The van der Waals surface area contributed by atoms with Crippen LogP contribution in [0, 0.1) is 18.6 Å². The molecule has 8 heteroatoms. The summed E-state index contributed by atoms with van der Waals surface area (Å²) in [6, 6.07) is 7.70. The average molecular weight is 422 g/mol. The van der Waals surface area contributed by atoms with E-state index < -0.39 is 27.6 Å². The molecule has 0 unspecified atom stereocenters. The molecule has 1 fully saturated rings. The van der Waals surface area contributed by atoms with Crippen molar-refractivity contribution in [3.8, 4) is 0 Å². The van der Waals surface area contributed by atoms with E-state index in [0.29, 0.717) is 18.7 Å². The van der Waals surface area contributed by atoms with Gasteiger partial charge in [0, 0.05) is 43.9 Å². The maximum atomic E-state index is 13.9. The molecular weight excluding hydrogens is 398 g/mol. The molecule has 2 aromatic carbocycles. The number of amides is 1. The summed E-state index contributed by atoms with van der Waals surface area (Å²) in [5, 5.41) is 0. The first-order valence-electron chi connectivity index (χ1n) is 9.50. The molecular formula is C21H24F2N2O3S. The lowest BCUT2D eigenvalue weighted by Gasteiger charge is -2.26. The van der Waals surface area contributed by atoms with Crippen molar-refractivity contribution >= 4 is 15.9 Å². The predicted octanol–water partition coefficient (Wildman–Crippen LogP) is 3.72. The summed E-state index contributed by atoms with van der Waals surface area (Å²) in [7, 11) is -2.17. The number of piperidine rings is 1. The molecule has 0 radical (unpaired) electrons. The normalized spacial score (nSPS) is 15.3. The first-order chi connectivity index (χ1) is 13.7. The summed E-state index contributed by atoms with van der Waals surface area (Å²) in [4.78, 5) is 14.3. The zero-order valence-corrected chi connectivity index (χ0v) is 17.3. The summed E-state index contributed by atoms with van der Waals surface area (Å²) in [5.74, 6) is -1.85. The zero-order valence-electron chi connectivity index (χ0n) is 16.5. The Hall–Kier alpha value is -2.32. The van der Waals surface area contributed by atoms with Gasteiger partial charge >= 0.3 is 0 Å². The Morgan fingerprint density at radius 3 is 2.41 bits per heavy atom. The van der Waals surface area contributed by atoms with Crippen LogP contribution in [0.1, 0.15) is 40.7 Å². The first kappa shape index (κ1) is 21.4. The predicted molar refractivity (Wildman–Crippen MR) is 106 cm³/mol. The lowest BCUT2D eigenvalue weighted by atomic mass is 10.1. The number of rotatable bonds is 5. The molecule has 0 aliphatic carbocycles. The molecule has 0 saturated carbocycles. The Bertz CT molecular complexity index is 1020. The van der Waals surface area contributed by atoms with E-state index in [9.17, 15) is 22.0 Å². The largest absolute Gasteiger partial charge is 0.337 e. The van der Waals surface area contributed by atoms with Gasteiger partial charge in [0.25, 0.3) is 5.91 Å². The molecule has 1 saturated heterocycles. The molecule has 2 aromatic rings. The number of nitrogens with zero attached hydrogens (tertiary/aromatic N) is 2. The highest BCUT2D eigenvalue weighted by Crippen LogP contribution is 2.24. The van der Waals surface area contributed by atoms with Crippen LogP contribution in [0.25, 0.3) is 0 Å². The zero-order chi connectivity index (χ0) is 21.2. The van der Waals surface area contributed by atoms with Gasteiger partial charge in [0.15, 0.2) is 0 Å². The van der Waals surface area contributed by atoms with Crippen molar-refractivity contribution in [2.75, 3.05) is 20.1 Å². The second-order valence-electron chi connectivity index (χ2n) is 7.34. The van der Waals surface area contributed by atoms with Crippen molar-refractivity contribution in [3.63, 3.8) is 0 Å². The standard InChI is InChI=1S/C21H24F2N2O3S/c1-15-6-9-18(29(27,28)25-10-4-3-5-11-25)13-19(15)21(26)24(2)14-16-7-8-17(22)12-20(16)23/h6-9,12-13H,3-5,10-11,14H2,1-2H3. The van der Waals surface area contributed by atoms with Gasteiger partial charge in [-0.1, -0.05) is 18.6 Å². The Balaban J connectivity index is 1.85. The number of sulfonamides is 1. The van der Waals surface area contributed by atoms with Crippen molar-refractivity contribution in [1.82, 2.24) is 9.21 Å². The number of carbonyl (C=O) groups excluding carboxylic acids is 1. The van der Waals surface area contributed by atoms with Crippen LogP contribution in [-0.2, 0) is 16.6 Å². The fourth-order valence-electron chi connectivity index (χ4n) is 3.43. The van der Waals surface area contributed by atoms with Gasteiger partial charge in [-0.25, -0.2) is 17.2 Å². The summed E-state index contributed by atoms with van der Waals surface area (Å²) in [6.07, 6.45) is 2.65. The number of aryl methyl sites for hydroxylation is 1. The molecule has 1 amide bonds. The smallest absolute Gasteiger partial charge is 0.254 e. The first-order valence-corrected chi connectivity index (χ1v) is 10.9. The molecule has 1 aliphatic rings. The SMILES string of the molecule is Cc1ccc(S(=O)(=O)N2CCCCC2)cc1C(=O)N(C)Cc1ccc(F)cc1F.